The molecule has 5 rings (SSSR count). The minimum atomic E-state index is -0.176. The summed E-state index contributed by atoms with van der Waals surface area (Å²) in [5.74, 6) is 1.89. The monoisotopic (exact) mass is 521 g/mol. The zero-order valence-corrected chi connectivity index (χ0v) is 22.0. The minimum Gasteiger partial charge on any atom is -0.493 e. The first-order chi connectivity index (χ1) is 19.1. The van der Waals surface area contributed by atoms with Crippen LogP contribution in [0.1, 0.15) is 27.0 Å². The summed E-state index contributed by atoms with van der Waals surface area (Å²) in [6, 6.07) is 27.3. The summed E-state index contributed by atoms with van der Waals surface area (Å²) < 4.78 is 12.9. The quantitative estimate of drug-likeness (QED) is 0.239. The number of methoxy groups -OCH3 is 2. The summed E-state index contributed by atoms with van der Waals surface area (Å²) in [5, 5.41) is 6.54. The number of carbonyl (C=O) groups is 1. The number of benzene rings is 3. The third kappa shape index (κ3) is 5.71. The lowest BCUT2D eigenvalue weighted by atomic mass is 10.1. The van der Waals surface area contributed by atoms with Crippen molar-refractivity contribution in [1.29, 1.82) is 0 Å². The molecule has 2 aromatic heterocycles. The second-order valence-corrected chi connectivity index (χ2v) is 9.07. The number of amides is 1. The molecule has 0 saturated carbocycles. The van der Waals surface area contributed by atoms with Gasteiger partial charge in [-0.15, -0.1) is 0 Å². The van der Waals surface area contributed by atoms with E-state index in [4.69, 9.17) is 20.2 Å². The van der Waals surface area contributed by atoms with Crippen LogP contribution in [0.15, 0.2) is 91.1 Å². The Morgan fingerprint density at radius 1 is 0.846 bits per heavy atom. The van der Waals surface area contributed by atoms with Gasteiger partial charge < -0.3 is 25.8 Å². The number of hydrogen-bond acceptors (Lipinski definition) is 6. The lowest BCUT2D eigenvalue weighted by molar-refractivity contribution is 0.0951. The molecular formula is C31H31N5O3. The largest absolute Gasteiger partial charge is 0.493 e. The lowest BCUT2D eigenvalue weighted by Gasteiger charge is -2.12. The van der Waals surface area contributed by atoms with E-state index >= 15 is 0 Å². The van der Waals surface area contributed by atoms with Crippen LogP contribution in [0, 0.1) is 0 Å². The zero-order chi connectivity index (χ0) is 27.2. The van der Waals surface area contributed by atoms with Gasteiger partial charge in [-0.3, -0.25) is 9.20 Å². The van der Waals surface area contributed by atoms with Gasteiger partial charge in [-0.25, -0.2) is 4.98 Å². The Hall–Kier alpha value is -4.82. The van der Waals surface area contributed by atoms with E-state index in [0.29, 0.717) is 42.3 Å². The number of carbonyl (C=O) groups excluding carboxylic acids is 1. The van der Waals surface area contributed by atoms with Crippen molar-refractivity contribution < 1.29 is 14.3 Å². The van der Waals surface area contributed by atoms with Gasteiger partial charge in [0.2, 0.25) is 0 Å². The van der Waals surface area contributed by atoms with Crippen molar-refractivity contribution >= 4 is 17.4 Å². The summed E-state index contributed by atoms with van der Waals surface area (Å²) in [4.78, 5) is 17.9. The van der Waals surface area contributed by atoms with Crippen LogP contribution in [0.2, 0.25) is 0 Å². The fourth-order valence-electron chi connectivity index (χ4n) is 4.47. The third-order valence-corrected chi connectivity index (χ3v) is 6.53. The maximum Gasteiger partial charge on any atom is 0.251 e. The summed E-state index contributed by atoms with van der Waals surface area (Å²) in [7, 11) is 3.22. The fourth-order valence-corrected chi connectivity index (χ4v) is 4.47. The predicted octanol–water partition coefficient (Wildman–Crippen LogP) is 5.02. The Kier molecular flexibility index (Phi) is 7.75. The normalized spacial score (nSPS) is 10.8. The van der Waals surface area contributed by atoms with Crippen molar-refractivity contribution in [3.05, 3.63) is 113 Å². The fraction of sp³-hybridized carbons (Fsp3) is 0.161. The maximum atomic E-state index is 13.0. The van der Waals surface area contributed by atoms with Crippen LogP contribution in [0.4, 0.5) is 5.82 Å². The molecule has 0 unspecified atom stereocenters. The predicted molar refractivity (Wildman–Crippen MR) is 153 cm³/mol. The summed E-state index contributed by atoms with van der Waals surface area (Å²) >= 11 is 0. The molecule has 1 amide bonds. The highest BCUT2D eigenvalue weighted by molar-refractivity contribution is 5.95. The van der Waals surface area contributed by atoms with Crippen LogP contribution >= 0.6 is 0 Å². The number of nitrogens with zero attached hydrogens (tertiary/aromatic N) is 2. The number of nitrogens with one attached hydrogen (secondary N) is 2. The number of fused-ring (bicyclic) bond motifs is 1. The molecule has 0 fully saturated rings. The van der Waals surface area contributed by atoms with Crippen molar-refractivity contribution in [1.82, 2.24) is 14.7 Å². The second kappa shape index (κ2) is 11.7. The molecule has 0 spiro atoms. The molecule has 8 heteroatoms. The molecule has 0 aliphatic carbocycles. The van der Waals surface area contributed by atoms with Crippen molar-refractivity contribution in [2.75, 3.05) is 19.5 Å². The van der Waals surface area contributed by atoms with Crippen LogP contribution in [0.25, 0.3) is 16.9 Å². The van der Waals surface area contributed by atoms with E-state index in [0.717, 1.165) is 33.8 Å². The molecule has 0 aliphatic heterocycles. The Bertz CT molecular complexity index is 1600. The lowest BCUT2D eigenvalue weighted by Crippen LogP contribution is -2.23. The highest BCUT2D eigenvalue weighted by atomic mass is 16.5. The Morgan fingerprint density at radius 2 is 1.62 bits per heavy atom. The molecule has 8 nitrogen and oxygen atoms in total. The second-order valence-electron chi connectivity index (χ2n) is 9.07. The molecule has 0 bridgehead atoms. The van der Waals surface area contributed by atoms with Crippen LogP contribution in [0.5, 0.6) is 11.5 Å². The SMILES string of the molecule is COc1ccc(-c2nc3cc(C(=O)NCc4cccc(CN)c4)ccn3c2NCc2ccccc2)cc1OC. The molecule has 0 saturated heterocycles. The molecule has 39 heavy (non-hydrogen) atoms. The highest BCUT2D eigenvalue weighted by Crippen LogP contribution is 2.36. The van der Waals surface area contributed by atoms with E-state index in [9.17, 15) is 4.79 Å². The summed E-state index contributed by atoms with van der Waals surface area (Å²) in [6.07, 6.45) is 1.86. The number of hydrogen-bond donors (Lipinski definition) is 3. The Balaban J connectivity index is 1.47. The van der Waals surface area contributed by atoms with E-state index in [1.54, 1.807) is 26.4 Å². The van der Waals surface area contributed by atoms with Crippen LogP contribution in [-0.2, 0) is 19.6 Å². The van der Waals surface area contributed by atoms with Gasteiger partial charge in [0.25, 0.3) is 5.91 Å². The Labute approximate surface area is 227 Å². The zero-order valence-electron chi connectivity index (χ0n) is 22.0. The van der Waals surface area contributed by atoms with Crippen molar-refractivity contribution in [3.63, 3.8) is 0 Å². The van der Waals surface area contributed by atoms with E-state index in [2.05, 4.69) is 22.8 Å². The molecule has 4 N–H and O–H groups in total. The first-order valence-corrected chi connectivity index (χ1v) is 12.7. The van der Waals surface area contributed by atoms with E-state index < -0.39 is 0 Å². The highest BCUT2D eigenvalue weighted by Gasteiger charge is 2.18. The summed E-state index contributed by atoms with van der Waals surface area (Å²) in [5.41, 5.74) is 11.7. The van der Waals surface area contributed by atoms with E-state index in [1.807, 2.05) is 71.3 Å². The summed E-state index contributed by atoms with van der Waals surface area (Å²) in [6.45, 7) is 1.48. The first-order valence-electron chi connectivity index (χ1n) is 12.7. The number of rotatable bonds is 10. The van der Waals surface area contributed by atoms with Crippen molar-refractivity contribution in [2.45, 2.75) is 19.6 Å². The van der Waals surface area contributed by atoms with Gasteiger partial charge in [0.15, 0.2) is 11.5 Å². The van der Waals surface area contributed by atoms with Gasteiger partial charge in [-0.2, -0.15) is 0 Å². The van der Waals surface area contributed by atoms with Gasteiger partial charge >= 0.3 is 0 Å². The van der Waals surface area contributed by atoms with Crippen molar-refractivity contribution in [2.24, 2.45) is 5.73 Å². The van der Waals surface area contributed by atoms with E-state index in [-0.39, 0.29) is 5.91 Å². The third-order valence-electron chi connectivity index (χ3n) is 6.53. The van der Waals surface area contributed by atoms with Crippen LogP contribution in [0.3, 0.4) is 0 Å². The van der Waals surface area contributed by atoms with Gasteiger partial charge in [0, 0.05) is 37.0 Å². The molecule has 0 atom stereocenters. The number of imidazole rings is 1. The number of nitrogens with two attached hydrogens (primary N) is 1. The molecule has 0 aliphatic rings. The molecule has 198 valence electrons. The average Bonchev–Trinajstić information content (AvgIpc) is 3.36. The van der Waals surface area contributed by atoms with Gasteiger partial charge in [0.1, 0.15) is 17.2 Å². The Morgan fingerprint density at radius 3 is 2.38 bits per heavy atom. The van der Waals surface area contributed by atoms with Crippen LogP contribution in [-0.4, -0.2) is 29.5 Å². The van der Waals surface area contributed by atoms with Gasteiger partial charge in [-0.1, -0.05) is 54.6 Å². The smallest absolute Gasteiger partial charge is 0.251 e. The molecular weight excluding hydrogens is 490 g/mol. The van der Waals surface area contributed by atoms with Crippen molar-refractivity contribution in [3.8, 4) is 22.8 Å². The molecule has 3 aromatic carbocycles. The van der Waals surface area contributed by atoms with E-state index in [1.165, 1.54) is 0 Å². The van der Waals surface area contributed by atoms with Gasteiger partial charge in [0.05, 0.1) is 14.2 Å². The minimum absolute atomic E-state index is 0.176. The average molecular weight is 522 g/mol. The molecule has 5 aromatic rings. The number of anilines is 1. The molecule has 2 heterocycles. The van der Waals surface area contributed by atoms with Gasteiger partial charge in [-0.05, 0) is 47.0 Å². The first kappa shape index (κ1) is 25.8. The molecule has 0 radical (unpaired) electrons. The number of pyridine rings is 1. The topological polar surface area (TPSA) is 103 Å². The number of aromatic nitrogens is 2. The standard InChI is InChI=1S/C31H31N5O3/c1-38-26-12-11-24(16-27(26)39-2)29-30(33-19-21-7-4-3-5-8-21)36-14-13-25(17-28(36)35-29)31(37)34-20-23-10-6-9-22(15-23)18-32/h3-17,33H,18-20,32H2,1-2H3,(H,34,37). The van der Waals surface area contributed by atoms with Crippen LogP contribution < -0.4 is 25.8 Å². The maximum absolute atomic E-state index is 13.0. The number of ether oxygens (including phenoxy) is 2.